The summed E-state index contributed by atoms with van der Waals surface area (Å²) in [5.41, 5.74) is -1.40. The molecule has 0 radical (unpaired) electrons. The lowest BCUT2D eigenvalue weighted by Crippen LogP contribution is -2.33. The van der Waals surface area contributed by atoms with E-state index in [4.69, 9.17) is 4.74 Å². The van der Waals surface area contributed by atoms with Gasteiger partial charge in [0, 0.05) is 12.2 Å². The normalized spacial score (nSPS) is 11.7. The molecule has 0 spiro atoms. The largest absolute Gasteiger partial charge is 0.478 e. The van der Waals surface area contributed by atoms with Crippen molar-refractivity contribution < 1.29 is 37.0 Å². The van der Waals surface area contributed by atoms with Crippen LogP contribution in [-0.4, -0.2) is 29.3 Å². The Bertz CT molecular complexity index is 1000. The third-order valence-corrected chi connectivity index (χ3v) is 4.46. The minimum atomic E-state index is -4.68. The highest BCUT2D eigenvalue weighted by molar-refractivity contribution is 5.95. The molecule has 180 valence electrons. The maximum Gasteiger partial charge on any atom is 0.416 e. The van der Waals surface area contributed by atoms with Gasteiger partial charge in [-0.2, -0.15) is 13.2 Å². The van der Waals surface area contributed by atoms with Gasteiger partial charge in [-0.15, -0.1) is 0 Å². The molecule has 10 heteroatoms. The van der Waals surface area contributed by atoms with Crippen LogP contribution >= 0.6 is 0 Å². The maximum absolute atomic E-state index is 13.8. The molecule has 0 aromatic heterocycles. The number of rotatable bonds is 8. The number of carbonyl (C=O) groups is 2. The third-order valence-electron chi connectivity index (χ3n) is 4.46. The number of ether oxygens (including phenoxy) is 1. The van der Waals surface area contributed by atoms with Crippen LogP contribution in [0.4, 0.5) is 33.7 Å². The molecule has 0 bridgehead atoms. The molecule has 0 unspecified atom stereocenters. The molecule has 0 saturated carbocycles. The van der Waals surface area contributed by atoms with Gasteiger partial charge in [0.25, 0.3) is 0 Å². The molecule has 0 saturated heterocycles. The lowest BCUT2D eigenvalue weighted by Gasteiger charge is -2.19. The first kappa shape index (κ1) is 26.0. The quantitative estimate of drug-likeness (QED) is 0.319. The molecular formula is C23H26F4N2O4. The fraction of sp³-hybridized carbons (Fsp3) is 0.391. The van der Waals surface area contributed by atoms with E-state index in [0.29, 0.717) is 43.1 Å². The number of aromatic carboxylic acids is 1. The van der Waals surface area contributed by atoms with Crippen molar-refractivity contribution in [1.82, 2.24) is 5.32 Å². The predicted octanol–water partition coefficient (Wildman–Crippen LogP) is 6.13. The van der Waals surface area contributed by atoms with Gasteiger partial charge in [-0.3, -0.25) is 0 Å². The van der Waals surface area contributed by atoms with Gasteiger partial charge in [0.05, 0.1) is 16.8 Å². The highest BCUT2D eigenvalue weighted by Crippen LogP contribution is 2.33. The molecule has 0 heterocycles. The van der Waals surface area contributed by atoms with E-state index >= 15 is 0 Å². The molecule has 2 rings (SSSR count). The zero-order valence-corrected chi connectivity index (χ0v) is 18.5. The van der Waals surface area contributed by atoms with Crippen LogP contribution in [0.5, 0.6) is 0 Å². The molecule has 0 fully saturated rings. The first-order valence-electron chi connectivity index (χ1n) is 10.2. The number of carbonyl (C=O) groups excluding carboxylic acids is 1. The second-order valence-electron chi connectivity index (χ2n) is 8.38. The Morgan fingerprint density at radius 3 is 2.27 bits per heavy atom. The van der Waals surface area contributed by atoms with Gasteiger partial charge >= 0.3 is 18.2 Å². The summed E-state index contributed by atoms with van der Waals surface area (Å²) in [6.45, 7) is 5.58. The van der Waals surface area contributed by atoms with E-state index in [9.17, 15) is 32.3 Å². The highest BCUT2D eigenvalue weighted by Gasteiger charge is 2.32. The molecule has 0 aliphatic rings. The van der Waals surface area contributed by atoms with Crippen LogP contribution in [0.15, 0.2) is 36.4 Å². The van der Waals surface area contributed by atoms with Crippen molar-refractivity contribution in [2.75, 3.05) is 11.9 Å². The number of halogens is 4. The van der Waals surface area contributed by atoms with Crippen molar-refractivity contribution in [2.45, 2.75) is 51.8 Å². The number of alkyl carbamates (subject to hydrolysis) is 1. The summed E-state index contributed by atoms with van der Waals surface area (Å²) in [7, 11) is 0. The van der Waals surface area contributed by atoms with Gasteiger partial charge in [-0.05, 0) is 82.0 Å². The number of hydrogen-bond acceptors (Lipinski definition) is 4. The van der Waals surface area contributed by atoms with Gasteiger partial charge in [0.15, 0.2) is 0 Å². The van der Waals surface area contributed by atoms with E-state index in [2.05, 4.69) is 10.6 Å². The van der Waals surface area contributed by atoms with E-state index < -0.39 is 40.8 Å². The fourth-order valence-corrected chi connectivity index (χ4v) is 2.99. The van der Waals surface area contributed by atoms with Crippen molar-refractivity contribution >= 4 is 23.4 Å². The second kappa shape index (κ2) is 10.5. The van der Waals surface area contributed by atoms with Crippen molar-refractivity contribution in [1.29, 1.82) is 0 Å². The Morgan fingerprint density at radius 2 is 1.67 bits per heavy atom. The lowest BCUT2D eigenvalue weighted by molar-refractivity contribution is -0.137. The van der Waals surface area contributed by atoms with Gasteiger partial charge in [-0.25, -0.2) is 14.0 Å². The first-order chi connectivity index (χ1) is 15.3. The summed E-state index contributed by atoms with van der Waals surface area (Å²) in [5, 5.41) is 14.8. The van der Waals surface area contributed by atoms with E-state index in [-0.39, 0.29) is 5.69 Å². The Morgan fingerprint density at radius 1 is 1.00 bits per heavy atom. The summed E-state index contributed by atoms with van der Waals surface area (Å²) in [6, 6.07) is 6.20. The number of nitrogens with one attached hydrogen (secondary N) is 2. The SMILES string of the molecule is CC(C)(C)OC(=O)NCCCCc1cc(F)ccc1Nc1ccc(C(F)(F)F)cc1C(=O)O. The second-order valence-corrected chi connectivity index (χ2v) is 8.38. The summed E-state index contributed by atoms with van der Waals surface area (Å²) < 4.78 is 57.8. The molecule has 0 atom stereocenters. The Balaban J connectivity index is 2.08. The average molecular weight is 470 g/mol. The van der Waals surface area contributed by atoms with E-state index in [1.165, 1.54) is 18.2 Å². The van der Waals surface area contributed by atoms with E-state index in [0.717, 1.165) is 12.1 Å². The summed E-state index contributed by atoms with van der Waals surface area (Å²) in [5.74, 6) is -2.03. The van der Waals surface area contributed by atoms with E-state index in [1.807, 2.05) is 0 Å². The van der Waals surface area contributed by atoms with Crippen LogP contribution in [-0.2, 0) is 17.3 Å². The molecule has 0 aliphatic carbocycles. The van der Waals surface area contributed by atoms with Crippen LogP contribution in [0, 0.1) is 5.82 Å². The van der Waals surface area contributed by atoms with Crippen molar-refractivity contribution in [3.63, 3.8) is 0 Å². The number of unbranched alkanes of at least 4 members (excludes halogenated alkanes) is 1. The number of carboxylic acids is 1. The van der Waals surface area contributed by atoms with Gasteiger partial charge in [-0.1, -0.05) is 0 Å². The molecule has 1 amide bonds. The van der Waals surface area contributed by atoms with E-state index in [1.54, 1.807) is 20.8 Å². The zero-order valence-electron chi connectivity index (χ0n) is 18.5. The average Bonchev–Trinajstić information content (AvgIpc) is 2.67. The number of aryl methyl sites for hydroxylation is 1. The van der Waals surface area contributed by atoms with Crippen molar-refractivity contribution in [3.8, 4) is 0 Å². The third kappa shape index (κ3) is 8.28. The smallest absolute Gasteiger partial charge is 0.416 e. The number of anilines is 2. The summed E-state index contributed by atoms with van der Waals surface area (Å²) in [4.78, 5) is 23.2. The van der Waals surface area contributed by atoms with Gasteiger partial charge in [0.2, 0.25) is 0 Å². The van der Waals surface area contributed by atoms with Crippen LogP contribution in [0.25, 0.3) is 0 Å². The number of hydrogen-bond donors (Lipinski definition) is 3. The summed E-state index contributed by atoms with van der Waals surface area (Å²) >= 11 is 0. The molecule has 2 aromatic rings. The minimum absolute atomic E-state index is 0.0463. The van der Waals surface area contributed by atoms with Crippen LogP contribution < -0.4 is 10.6 Å². The topological polar surface area (TPSA) is 87.7 Å². The number of amides is 1. The lowest BCUT2D eigenvalue weighted by atomic mass is 10.0. The number of carboxylic acid groups (broad SMARTS) is 1. The molecule has 2 aromatic carbocycles. The Hall–Kier alpha value is -3.30. The van der Waals surface area contributed by atoms with Crippen molar-refractivity contribution in [2.24, 2.45) is 0 Å². The molecule has 3 N–H and O–H groups in total. The van der Waals surface area contributed by atoms with Gasteiger partial charge in [0.1, 0.15) is 11.4 Å². The Labute approximate surface area is 188 Å². The molecule has 0 aliphatic heterocycles. The molecule has 33 heavy (non-hydrogen) atoms. The monoisotopic (exact) mass is 470 g/mol. The Kier molecular flexibility index (Phi) is 8.29. The molecular weight excluding hydrogens is 444 g/mol. The fourth-order valence-electron chi connectivity index (χ4n) is 2.99. The first-order valence-corrected chi connectivity index (χ1v) is 10.2. The van der Waals surface area contributed by atoms with Crippen molar-refractivity contribution in [3.05, 3.63) is 58.9 Å². The van der Waals surface area contributed by atoms with Crippen LogP contribution in [0.2, 0.25) is 0 Å². The molecule has 6 nitrogen and oxygen atoms in total. The highest BCUT2D eigenvalue weighted by atomic mass is 19.4. The number of alkyl halides is 3. The number of benzene rings is 2. The maximum atomic E-state index is 13.8. The van der Waals surface area contributed by atoms with Crippen LogP contribution in [0.1, 0.15) is 55.1 Å². The van der Waals surface area contributed by atoms with Gasteiger partial charge < -0.3 is 20.5 Å². The predicted molar refractivity (Wildman–Crippen MR) is 115 cm³/mol. The summed E-state index contributed by atoms with van der Waals surface area (Å²) in [6.07, 6.45) is -3.71. The minimum Gasteiger partial charge on any atom is -0.478 e. The van der Waals surface area contributed by atoms with Crippen LogP contribution in [0.3, 0.4) is 0 Å². The zero-order chi connectivity index (χ0) is 24.8. The standard InChI is InChI=1S/C23H26F4N2O4/c1-22(2,3)33-21(32)28-11-5-4-6-14-12-16(24)8-10-18(14)29-19-9-7-15(23(25,26)27)13-17(19)20(30)31/h7-10,12-13,29H,4-6,11H2,1-3H3,(H,28,32)(H,30,31).